The zero-order chi connectivity index (χ0) is 18.6. The maximum absolute atomic E-state index is 12.2. The molecule has 2 fully saturated rings. The molecule has 4 rings (SSSR count). The van der Waals surface area contributed by atoms with Crippen molar-refractivity contribution in [3.8, 4) is 11.5 Å². The number of fused-ring (bicyclic) bond motifs is 2. The van der Waals surface area contributed by atoms with Crippen LogP contribution in [0.1, 0.15) is 31.6 Å². The molecule has 1 N–H and O–H groups in total. The van der Waals surface area contributed by atoms with Gasteiger partial charge in [-0.15, -0.1) is 10.2 Å². The van der Waals surface area contributed by atoms with Crippen molar-refractivity contribution in [2.24, 2.45) is 11.8 Å². The quantitative estimate of drug-likeness (QED) is 0.694. The smallest absolute Gasteiger partial charge is 0.277 e. The number of aromatic nitrogens is 2. The maximum Gasteiger partial charge on any atom is 0.277 e. The Bertz CT molecular complexity index is 780. The van der Waals surface area contributed by atoms with Gasteiger partial charge in [0.1, 0.15) is 11.5 Å². The summed E-state index contributed by atoms with van der Waals surface area (Å²) in [5, 5.41) is 11.5. The zero-order valence-electron chi connectivity index (χ0n) is 15.2. The highest BCUT2D eigenvalue weighted by molar-refractivity contribution is 7.99. The van der Waals surface area contributed by atoms with Gasteiger partial charge in [-0.25, -0.2) is 0 Å². The van der Waals surface area contributed by atoms with Crippen LogP contribution in [0.4, 0.5) is 0 Å². The van der Waals surface area contributed by atoms with Gasteiger partial charge in [0.15, 0.2) is 6.61 Å². The minimum absolute atomic E-state index is 0.0341. The highest BCUT2D eigenvalue weighted by Crippen LogP contribution is 2.44. The average Bonchev–Trinajstić information content (AvgIpc) is 3.42. The number of hydrogen-bond acceptors (Lipinski definition) is 7. The van der Waals surface area contributed by atoms with E-state index in [1.54, 1.807) is 7.11 Å². The number of nitrogens with zero attached hydrogens (tertiary/aromatic N) is 2. The Kier molecular flexibility index (Phi) is 5.52. The first-order valence-electron chi connectivity index (χ1n) is 9.21. The molecule has 27 heavy (non-hydrogen) atoms. The molecule has 8 heteroatoms. The largest absolute Gasteiger partial charge is 0.497 e. The van der Waals surface area contributed by atoms with Gasteiger partial charge in [0.25, 0.3) is 11.1 Å². The molecule has 2 aliphatic rings. The van der Waals surface area contributed by atoms with Gasteiger partial charge < -0.3 is 19.2 Å². The summed E-state index contributed by atoms with van der Waals surface area (Å²) in [6, 6.07) is 7.61. The number of hydrogen-bond donors (Lipinski definition) is 1. The fourth-order valence-electron chi connectivity index (χ4n) is 3.97. The Balaban J connectivity index is 1.20. The molecule has 2 saturated carbocycles. The second kappa shape index (κ2) is 8.21. The standard InChI is InChI=1S/C19H23N3O4S/c1-24-14-4-6-15(7-5-14)25-10-18-21-22-19(26-18)27-11-17(23)20-16-9-12-2-3-13(16)8-12/h4-7,12-13,16H,2-3,8-11H2,1H3,(H,20,23)/t12-,13-,16+/m0/s1. The van der Waals surface area contributed by atoms with Crippen molar-refractivity contribution < 1.29 is 18.7 Å². The van der Waals surface area contributed by atoms with Crippen LogP contribution in [0.25, 0.3) is 0 Å². The molecule has 1 heterocycles. The first-order chi connectivity index (χ1) is 13.2. The molecular formula is C19H23N3O4S. The lowest BCUT2D eigenvalue weighted by Crippen LogP contribution is -2.39. The van der Waals surface area contributed by atoms with Gasteiger partial charge in [0.05, 0.1) is 12.9 Å². The summed E-state index contributed by atoms with van der Waals surface area (Å²) in [5.74, 6) is 3.64. The molecule has 2 aliphatic carbocycles. The van der Waals surface area contributed by atoms with Crippen LogP contribution in [0.15, 0.2) is 33.9 Å². The molecule has 0 unspecified atom stereocenters. The van der Waals surface area contributed by atoms with Crippen LogP contribution in [0.5, 0.6) is 11.5 Å². The second-order valence-electron chi connectivity index (χ2n) is 7.06. The number of ether oxygens (including phenoxy) is 2. The first kappa shape index (κ1) is 18.2. The Morgan fingerprint density at radius 3 is 2.74 bits per heavy atom. The normalized spacial score (nSPS) is 23.4. The van der Waals surface area contributed by atoms with Gasteiger partial charge in [-0.05, 0) is 55.4 Å². The van der Waals surface area contributed by atoms with E-state index in [9.17, 15) is 4.79 Å². The van der Waals surface area contributed by atoms with Crippen LogP contribution in [0.3, 0.4) is 0 Å². The van der Waals surface area contributed by atoms with Crippen molar-refractivity contribution in [3.05, 3.63) is 30.2 Å². The van der Waals surface area contributed by atoms with E-state index in [2.05, 4.69) is 15.5 Å². The Morgan fingerprint density at radius 2 is 2.04 bits per heavy atom. The van der Waals surface area contributed by atoms with Gasteiger partial charge in [-0.3, -0.25) is 4.79 Å². The maximum atomic E-state index is 12.2. The zero-order valence-corrected chi connectivity index (χ0v) is 16.0. The molecule has 2 bridgehead atoms. The van der Waals surface area contributed by atoms with E-state index in [0.29, 0.717) is 28.8 Å². The van der Waals surface area contributed by atoms with Gasteiger partial charge in [-0.2, -0.15) is 0 Å². The van der Waals surface area contributed by atoms with Gasteiger partial charge in [-0.1, -0.05) is 18.2 Å². The summed E-state index contributed by atoms with van der Waals surface area (Å²) in [6.45, 7) is 0.178. The third kappa shape index (κ3) is 4.55. The minimum Gasteiger partial charge on any atom is -0.497 e. The third-order valence-electron chi connectivity index (χ3n) is 5.28. The molecule has 0 spiro atoms. The van der Waals surface area contributed by atoms with Gasteiger partial charge >= 0.3 is 0 Å². The lowest BCUT2D eigenvalue weighted by Gasteiger charge is -2.22. The third-order valence-corrected chi connectivity index (χ3v) is 6.10. The van der Waals surface area contributed by atoms with Crippen molar-refractivity contribution >= 4 is 17.7 Å². The molecule has 3 atom stereocenters. The molecule has 7 nitrogen and oxygen atoms in total. The van der Waals surface area contributed by atoms with Crippen molar-refractivity contribution in [1.29, 1.82) is 0 Å². The van der Waals surface area contributed by atoms with Crippen LogP contribution in [0, 0.1) is 11.8 Å². The topological polar surface area (TPSA) is 86.5 Å². The first-order valence-corrected chi connectivity index (χ1v) is 10.2. The number of methoxy groups -OCH3 is 1. The number of carbonyl (C=O) groups excluding carboxylic acids is 1. The molecule has 1 amide bonds. The number of benzene rings is 1. The van der Waals surface area contributed by atoms with Crippen LogP contribution >= 0.6 is 11.8 Å². The van der Waals surface area contributed by atoms with E-state index in [1.165, 1.54) is 31.0 Å². The van der Waals surface area contributed by atoms with E-state index >= 15 is 0 Å². The SMILES string of the molecule is COc1ccc(OCc2nnc(SCC(=O)N[C@@H]3C[C@H]4CC[C@H]3C4)o2)cc1. The summed E-state index contributed by atoms with van der Waals surface area (Å²) in [5.41, 5.74) is 0. The summed E-state index contributed by atoms with van der Waals surface area (Å²) in [4.78, 5) is 12.2. The lowest BCUT2D eigenvalue weighted by atomic mass is 9.95. The van der Waals surface area contributed by atoms with Crippen molar-refractivity contribution in [1.82, 2.24) is 15.5 Å². The van der Waals surface area contributed by atoms with Crippen molar-refractivity contribution in [2.45, 2.75) is 43.6 Å². The molecule has 0 saturated heterocycles. The molecule has 2 aromatic rings. The van der Waals surface area contributed by atoms with Crippen LogP contribution in [-0.2, 0) is 11.4 Å². The summed E-state index contributed by atoms with van der Waals surface area (Å²) >= 11 is 1.25. The van der Waals surface area contributed by atoms with E-state index < -0.39 is 0 Å². The predicted octanol–water partition coefficient (Wildman–Crippen LogP) is 3.05. The van der Waals surface area contributed by atoms with Crippen LogP contribution in [0.2, 0.25) is 0 Å². The summed E-state index contributed by atoms with van der Waals surface area (Å²) in [7, 11) is 1.62. The van der Waals surface area contributed by atoms with Crippen molar-refractivity contribution in [2.75, 3.05) is 12.9 Å². The predicted molar refractivity (Wildman–Crippen MR) is 99.7 cm³/mol. The number of thioether (sulfide) groups is 1. The molecule has 1 aromatic heterocycles. The van der Waals surface area contributed by atoms with E-state index in [0.717, 1.165) is 18.1 Å². The van der Waals surface area contributed by atoms with Gasteiger partial charge in [0, 0.05) is 6.04 Å². The van der Waals surface area contributed by atoms with Gasteiger partial charge in [0.2, 0.25) is 5.91 Å². The fraction of sp³-hybridized carbons (Fsp3) is 0.526. The molecule has 0 radical (unpaired) electrons. The van der Waals surface area contributed by atoms with E-state index in [-0.39, 0.29) is 18.3 Å². The van der Waals surface area contributed by atoms with Crippen LogP contribution < -0.4 is 14.8 Å². The Morgan fingerprint density at radius 1 is 1.22 bits per heavy atom. The minimum atomic E-state index is 0.0341. The molecular weight excluding hydrogens is 366 g/mol. The van der Waals surface area contributed by atoms with E-state index in [1.807, 2.05) is 24.3 Å². The number of rotatable bonds is 8. The summed E-state index contributed by atoms with van der Waals surface area (Å²) < 4.78 is 16.2. The number of carbonyl (C=O) groups is 1. The highest BCUT2D eigenvalue weighted by atomic mass is 32.2. The molecule has 144 valence electrons. The van der Waals surface area contributed by atoms with Crippen LogP contribution in [-0.4, -0.2) is 35.0 Å². The Labute approximate surface area is 162 Å². The highest BCUT2D eigenvalue weighted by Gasteiger charge is 2.40. The van der Waals surface area contributed by atoms with Crippen molar-refractivity contribution in [3.63, 3.8) is 0 Å². The average molecular weight is 389 g/mol. The molecule has 1 aromatic carbocycles. The summed E-state index contributed by atoms with van der Waals surface area (Å²) in [6.07, 6.45) is 4.99. The second-order valence-corrected chi connectivity index (χ2v) is 7.99. The molecule has 0 aliphatic heterocycles. The fourth-order valence-corrected chi connectivity index (χ4v) is 4.56. The number of nitrogens with one attached hydrogen (secondary N) is 1. The lowest BCUT2D eigenvalue weighted by molar-refractivity contribution is -0.119. The number of amides is 1. The van der Waals surface area contributed by atoms with E-state index in [4.69, 9.17) is 13.9 Å². The Hall–Kier alpha value is -2.22. The monoisotopic (exact) mass is 389 g/mol.